The average molecular weight is 433 g/mol. The number of nitrogens with zero attached hydrogens (tertiary/aromatic N) is 2. The van der Waals surface area contributed by atoms with Crippen LogP contribution in [-0.2, 0) is 17.8 Å². The van der Waals surface area contributed by atoms with Gasteiger partial charge in [0, 0.05) is 13.1 Å². The lowest BCUT2D eigenvalue weighted by Gasteiger charge is -2.27. The SMILES string of the molecule is O=C(C(O)C(O)c1nc2ccccc2s1)N(CCc1ccccc1)Cc1ccccc1. The fourth-order valence-electron chi connectivity index (χ4n) is 3.45. The van der Waals surface area contributed by atoms with Crippen molar-refractivity contribution in [2.24, 2.45) is 0 Å². The zero-order valence-electron chi connectivity index (χ0n) is 17.0. The highest BCUT2D eigenvalue weighted by molar-refractivity contribution is 7.18. The van der Waals surface area contributed by atoms with Crippen molar-refractivity contribution in [1.82, 2.24) is 9.88 Å². The van der Waals surface area contributed by atoms with Gasteiger partial charge in [0.2, 0.25) is 0 Å². The summed E-state index contributed by atoms with van der Waals surface area (Å²) in [5, 5.41) is 21.8. The number of thiazole rings is 1. The minimum absolute atomic E-state index is 0.338. The molecule has 0 fully saturated rings. The molecule has 0 radical (unpaired) electrons. The van der Waals surface area contributed by atoms with Crippen molar-refractivity contribution in [3.63, 3.8) is 0 Å². The predicted molar refractivity (Wildman–Crippen MR) is 123 cm³/mol. The van der Waals surface area contributed by atoms with Crippen LogP contribution in [0.5, 0.6) is 0 Å². The molecule has 158 valence electrons. The lowest BCUT2D eigenvalue weighted by molar-refractivity contribution is -0.147. The Morgan fingerprint density at radius 2 is 1.48 bits per heavy atom. The van der Waals surface area contributed by atoms with Gasteiger partial charge in [0.1, 0.15) is 11.1 Å². The monoisotopic (exact) mass is 432 g/mol. The van der Waals surface area contributed by atoms with Gasteiger partial charge in [0.15, 0.2) is 6.10 Å². The molecule has 2 N–H and O–H groups in total. The zero-order valence-corrected chi connectivity index (χ0v) is 17.8. The smallest absolute Gasteiger partial charge is 0.254 e. The second-order valence-corrected chi connectivity index (χ2v) is 8.45. The summed E-state index contributed by atoms with van der Waals surface area (Å²) in [6, 6.07) is 27.1. The Bertz CT molecular complexity index is 1100. The van der Waals surface area contributed by atoms with E-state index in [1.165, 1.54) is 11.3 Å². The summed E-state index contributed by atoms with van der Waals surface area (Å²) in [5.41, 5.74) is 2.81. The number of para-hydroxylation sites is 1. The van der Waals surface area contributed by atoms with Gasteiger partial charge in [-0.2, -0.15) is 0 Å². The minimum Gasteiger partial charge on any atom is -0.383 e. The molecule has 2 unspecified atom stereocenters. The molecule has 6 heteroatoms. The maximum absolute atomic E-state index is 13.2. The van der Waals surface area contributed by atoms with Crippen LogP contribution in [0.25, 0.3) is 10.2 Å². The fourth-order valence-corrected chi connectivity index (χ4v) is 4.44. The van der Waals surface area contributed by atoms with E-state index in [0.717, 1.165) is 21.3 Å². The van der Waals surface area contributed by atoms with Gasteiger partial charge in [0.05, 0.1) is 10.2 Å². The molecule has 0 aliphatic heterocycles. The molecule has 1 aromatic heterocycles. The Morgan fingerprint density at radius 3 is 2.16 bits per heavy atom. The molecule has 2 atom stereocenters. The van der Waals surface area contributed by atoms with Gasteiger partial charge in [-0.25, -0.2) is 4.98 Å². The van der Waals surface area contributed by atoms with Crippen molar-refractivity contribution in [2.75, 3.05) is 6.54 Å². The molecule has 1 heterocycles. The van der Waals surface area contributed by atoms with Crippen molar-refractivity contribution in [1.29, 1.82) is 0 Å². The van der Waals surface area contributed by atoms with Crippen LogP contribution < -0.4 is 0 Å². The molecule has 0 saturated heterocycles. The Kier molecular flexibility index (Phi) is 6.72. The molecular weight excluding hydrogens is 408 g/mol. The summed E-state index contributed by atoms with van der Waals surface area (Å²) in [4.78, 5) is 19.2. The number of carbonyl (C=O) groups excluding carboxylic acids is 1. The van der Waals surface area contributed by atoms with Crippen molar-refractivity contribution in [3.05, 3.63) is 101 Å². The molecule has 1 amide bonds. The van der Waals surface area contributed by atoms with E-state index in [1.807, 2.05) is 84.9 Å². The third-order valence-electron chi connectivity index (χ3n) is 5.16. The molecule has 3 aromatic carbocycles. The van der Waals surface area contributed by atoms with Gasteiger partial charge < -0.3 is 15.1 Å². The number of benzene rings is 3. The average Bonchev–Trinajstić information content (AvgIpc) is 3.26. The van der Waals surface area contributed by atoms with Crippen LogP contribution in [0, 0.1) is 0 Å². The number of fused-ring (bicyclic) bond motifs is 1. The number of amides is 1. The third kappa shape index (κ3) is 5.17. The maximum Gasteiger partial charge on any atom is 0.254 e. The van der Waals surface area contributed by atoms with Crippen LogP contribution in [0.3, 0.4) is 0 Å². The van der Waals surface area contributed by atoms with E-state index in [-0.39, 0.29) is 0 Å². The highest BCUT2D eigenvalue weighted by Crippen LogP contribution is 2.28. The van der Waals surface area contributed by atoms with E-state index >= 15 is 0 Å². The van der Waals surface area contributed by atoms with Crippen LogP contribution in [0.1, 0.15) is 22.2 Å². The second-order valence-electron chi connectivity index (χ2n) is 7.39. The fraction of sp³-hybridized carbons (Fsp3) is 0.200. The standard InChI is InChI=1S/C25H24N2O3S/c28-22(24-26-20-13-7-8-14-21(20)31-24)23(29)25(30)27(17-19-11-5-2-6-12-19)16-15-18-9-3-1-4-10-18/h1-14,22-23,28-29H,15-17H2. The van der Waals surface area contributed by atoms with Gasteiger partial charge in [-0.05, 0) is 29.7 Å². The van der Waals surface area contributed by atoms with Crippen molar-refractivity contribution < 1.29 is 15.0 Å². The van der Waals surface area contributed by atoms with E-state index < -0.39 is 18.1 Å². The van der Waals surface area contributed by atoms with E-state index in [9.17, 15) is 15.0 Å². The maximum atomic E-state index is 13.2. The molecule has 0 aliphatic carbocycles. The van der Waals surface area contributed by atoms with Crippen LogP contribution in [0.4, 0.5) is 0 Å². The Labute approximate surface area is 185 Å². The third-order valence-corrected chi connectivity index (χ3v) is 6.26. The molecule has 0 saturated carbocycles. The lowest BCUT2D eigenvalue weighted by Crippen LogP contribution is -2.42. The van der Waals surface area contributed by atoms with Crippen LogP contribution in [0.2, 0.25) is 0 Å². The summed E-state index contributed by atoms with van der Waals surface area (Å²) in [6.07, 6.45) is -2.30. The molecule has 0 aliphatic rings. The van der Waals surface area contributed by atoms with E-state index in [4.69, 9.17) is 0 Å². The number of hydrogen-bond acceptors (Lipinski definition) is 5. The van der Waals surface area contributed by atoms with Gasteiger partial charge in [0.25, 0.3) is 5.91 Å². The number of aliphatic hydroxyl groups is 2. The predicted octanol–water partition coefficient (Wildman–Crippen LogP) is 3.96. The summed E-state index contributed by atoms with van der Waals surface area (Å²) >= 11 is 1.29. The van der Waals surface area contributed by atoms with Crippen molar-refractivity contribution in [2.45, 2.75) is 25.2 Å². The van der Waals surface area contributed by atoms with Crippen LogP contribution in [-0.4, -0.2) is 38.7 Å². The number of aromatic nitrogens is 1. The van der Waals surface area contributed by atoms with Crippen molar-refractivity contribution in [3.8, 4) is 0 Å². The van der Waals surface area contributed by atoms with Gasteiger partial charge in [-0.3, -0.25) is 4.79 Å². The van der Waals surface area contributed by atoms with Gasteiger partial charge >= 0.3 is 0 Å². The highest BCUT2D eigenvalue weighted by Gasteiger charge is 2.31. The first-order chi connectivity index (χ1) is 15.1. The van der Waals surface area contributed by atoms with Crippen LogP contribution >= 0.6 is 11.3 Å². The molecular formula is C25H24N2O3S. The molecule has 31 heavy (non-hydrogen) atoms. The summed E-state index contributed by atoms with van der Waals surface area (Å²) in [6.45, 7) is 0.789. The van der Waals surface area contributed by atoms with Crippen LogP contribution in [0.15, 0.2) is 84.9 Å². The minimum atomic E-state index is -1.58. The number of aliphatic hydroxyl groups excluding tert-OH is 2. The van der Waals surface area contributed by atoms with Crippen molar-refractivity contribution >= 4 is 27.5 Å². The molecule has 4 rings (SSSR count). The second kappa shape index (κ2) is 9.83. The lowest BCUT2D eigenvalue weighted by atomic mass is 10.1. The first-order valence-corrected chi connectivity index (χ1v) is 11.0. The van der Waals surface area contributed by atoms with Gasteiger partial charge in [-0.15, -0.1) is 11.3 Å². The molecule has 0 spiro atoms. The Hall–Kier alpha value is -3.06. The summed E-state index contributed by atoms with van der Waals surface area (Å²) in [7, 11) is 0. The molecule has 4 aromatic rings. The summed E-state index contributed by atoms with van der Waals surface area (Å²) in [5.74, 6) is -0.508. The quantitative estimate of drug-likeness (QED) is 0.442. The normalized spacial score (nSPS) is 13.1. The molecule has 5 nitrogen and oxygen atoms in total. The highest BCUT2D eigenvalue weighted by atomic mass is 32.1. The molecule has 0 bridgehead atoms. The summed E-state index contributed by atoms with van der Waals surface area (Å²) < 4.78 is 0.904. The zero-order chi connectivity index (χ0) is 21.6. The van der Waals surface area contributed by atoms with E-state index in [1.54, 1.807) is 4.90 Å². The Morgan fingerprint density at radius 1 is 0.871 bits per heavy atom. The number of hydrogen-bond donors (Lipinski definition) is 2. The van der Waals surface area contributed by atoms with E-state index in [2.05, 4.69) is 4.98 Å². The number of carbonyl (C=O) groups is 1. The largest absolute Gasteiger partial charge is 0.383 e. The van der Waals surface area contributed by atoms with E-state index in [0.29, 0.717) is 24.5 Å². The Balaban J connectivity index is 1.52. The first kappa shape index (κ1) is 21.2. The topological polar surface area (TPSA) is 73.7 Å². The first-order valence-electron chi connectivity index (χ1n) is 10.2. The number of rotatable bonds is 8. The van der Waals surface area contributed by atoms with Gasteiger partial charge in [-0.1, -0.05) is 72.8 Å².